The number of non-ortho nitro benzene ring substituents is 1. The maximum Gasteiger partial charge on any atom is 0.312 e. The molecule has 2 aromatic rings. The molecule has 3 rings (SSSR count). The molecule has 0 unspecified atom stereocenters. The molecule has 1 fully saturated rings. The number of benzene rings is 2. The molecule has 0 saturated carbocycles. The van der Waals surface area contributed by atoms with Gasteiger partial charge in [-0.05, 0) is 31.0 Å². The van der Waals surface area contributed by atoms with Crippen LogP contribution in [0.5, 0.6) is 5.75 Å². The standard InChI is InChI=1S/C18H17ClN4O8S/c19-14-5-3-12(22(25)26)9-15(14)20-18(24)11-31-17-6-4-13(10-16(17)23(27)28)32(29,30)21-7-1-2-8-21/h3-6,9-10H,1-2,7-8,11H2,(H,20,24). The number of carbonyl (C=O) groups is 1. The van der Waals surface area contributed by atoms with E-state index in [2.05, 4.69) is 5.32 Å². The summed E-state index contributed by atoms with van der Waals surface area (Å²) >= 11 is 5.91. The fourth-order valence-corrected chi connectivity index (χ4v) is 4.75. The summed E-state index contributed by atoms with van der Waals surface area (Å²) in [6.45, 7) is 0.00159. The summed E-state index contributed by atoms with van der Waals surface area (Å²) in [7, 11) is -3.87. The number of anilines is 1. The van der Waals surface area contributed by atoms with Crippen LogP contribution in [0.4, 0.5) is 17.1 Å². The molecule has 32 heavy (non-hydrogen) atoms. The lowest BCUT2D eigenvalue weighted by Gasteiger charge is -2.16. The highest BCUT2D eigenvalue weighted by atomic mass is 35.5. The summed E-state index contributed by atoms with van der Waals surface area (Å²) < 4.78 is 31.7. The lowest BCUT2D eigenvalue weighted by Crippen LogP contribution is -2.28. The Balaban J connectivity index is 1.75. The molecule has 0 radical (unpaired) electrons. The molecule has 0 atom stereocenters. The first kappa shape index (κ1) is 23.4. The van der Waals surface area contributed by atoms with Gasteiger partial charge >= 0.3 is 5.69 Å². The second-order valence-electron chi connectivity index (χ2n) is 6.76. The van der Waals surface area contributed by atoms with E-state index in [0.29, 0.717) is 25.9 Å². The lowest BCUT2D eigenvalue weighted by atomic mass is 10.2. The van der Waals surface area contributed by atoms with Crippen LogP contribution in [0.15, 0.2) is 41.3 Å². The zero-order chi connectivity index (χ0) is 23.5. The maximum atomic E-state index is 12.6. The first-order chi connectivity index (χ1) is 15.1. The number of nitro benzene ring substituents is 2. The van der Waals surface area contributed by atoms with Crippen molar-refractivity contribution in [3.05, 3.63) is 61.6 Å². The number of halogens is 1. The van der Waals surface area contributed by atoms with Crippen molar-refractivity contribution in [1.29, 1.82) is 0 Å². The molecular formula is C18H17ClN4O8S. The van der Waals surface area contributed by atoms with E-state index >= 15 is 0 Å². The van der Waals surface area contributed by atoms with Crippen LogP contribution in [0.2, 0.25) is 5.02 Å². The van der Waals surface area contributed by atoms with Gasteiger partial charge in [0.15, 0.2) is 12.4 Å². The largest absolute Gasteiger partial charge is 0.477 e. The molecule has 1 saturated heterocycles. The van der Waals surface area contributed by atoms with Gasteiger partial charge in [0.1, 0.15) is 0 Å². The van der Waals surface area contributed by atoms with E-state index < -0.39 is 38.1 Å². The molecule has 170 valence electrons. The summed E-state index contributed by atoms with van der Waals surface area (Å²) in [5.41, 5.74) is -0.946. The number of amides is 1. The third-order valence-electron chi connectivity index (χ3n) is 4.62. The number of nitro groups is 2. The minimum Gasteiger partial charge on any atom is -0.477 e. The predicted molar refractivity (Wildman–Crippen MR) is 113 cm³/mol. The van der Waals surface area contributed by atoms with Crippen molar-refractivity contribution in [3.8, 4) is 5.75 Å². The van der Waals surface area contributed by atoms with Crippen LogP contribution >= 0.6 is 11.6 Å². The molecule has 0 aliphatic carbocycles. The van der Waals surface area contributed by atoms with Gasteiger partial charge in [-0.2, -0.15) is 4.31 Å². The molecule has 1 aliphatic rings. The van der Waals surface area contributed by atoms with Crippen LogP contribution in [-0.2, 0) is 14.8 Å². The molecule has 14 heteroatoms. The zero-order valence-corrected chi connectivity index (χ0v) is 18.0. The molecule has 12 nitrogen and oxygen atoms in total. The number of sulfonamides is 1. The number of nitrogens with zero attached hydrogens (tertiary/aromatic N) is 3. The van der Waals surface area contributed by atoms with Crippen LogP contribution in [0.3, 0.4) is 0 Å². The van der Waals surface area contributed by atoms with Crippen LogP contribution in [0.25, 0.3) is 0 Å². The molecule has 1 heterocycles. The van der Waals surface area contributed by atoms with Gasteiger partial charge in [0, 0.05) is 31.3 Å². The SMILES string of the molecule is O=C(COc1ccc(S(=O)(=O)N2CCCC2)cc1[N+](=O)[O-])Nc1cc([N+](=O)[O-])ccc1Cl. The molecule has 0 spiro atoms. The first-order valence-electron chi connectivity index (χ1n) is 9.25. The Labute approximate surface area is 187 Å². The third kappa shape index (κ3) is 5.12. The summed E-state index contributed by atoms with van der Waals surface area (Å²) in [5.74, 6) is -1.09. The third-order valence-corrected chi connectivity index (χ3v) is 6.85. The smallest absolute Gasteiger partial charge is 0.312 e. The van der Waals surface area contributed by atoms with Crippen molar-refractivity contribution in [1.82, 2.24) is 4.31 Å². The van der Waals surface area contributed by atoms with E-state index in [1.165, 1.54) is 16.4 Å². The number of hydrogen-bond acceptors (Lipinski definition) is 8. The Morgan fingerprint density at radius 3 is 2.41 bits per heavy atom. The van der Waals surface area contributed by atoms with Crippen molar-refractivity contribution in [2.24, 2.45) is 0 Å². The van der Waals surface area contributed by atoms with E-state index in [1.807, 2.05) is 0 Å². The highest BCUT2D eigenvalue weighted by Crippen LogP contribution is 2.32. The normalized spacial score (nSPS) is 14.2. The molecule has 1 aliphatic heterocycles. The van der Waals surface area contributed by atoms with Gasteiger partial charge in [-0.25, -0.2) is 8.42 Å². The Hall–Kier alpha value is -3.29. The minimum atomic E-state index is -3.87. The molecule has 1 N–H and O–H groups in total. The van der Waals surface area contributed by atoms with Gasteiger partial charge in [0.2, 0.25) is 10.0 Å². The molecule has 1 amide bonds. The van der Waals surface area contributed by atoms with Gasteiger partial charge < -0.3 is 10.1 Å². The van der Waals surface area contributed by atoms with E-state index in [0.717, 1.165) is 24.3 Å². The quantitative estimate of drug-likeness (QED) is 0.441. The van der Waals surface area contributed by atoms with E-state index in [-0.39, 0.29) is 27.0 Å². The summed E-state index contributed by atoms with van der Waals surface area (Å²) in [5, 5.41) is 24.7. The summed E-state index contributed by atoms with van der Waals surface area (Å²) in [4.78, 5) is 32.7. The number of ether oxygens (including phenoxy) is 1. The second kappa shape index (κ2) is 9.46. The van der Waals surface area contributed by atoms with Gasteiger partial charge in [-0.3, -0.25) is 25.0 Å². The maximum absolute atomic E-state index is 12.6. The second-order valence-corrected chi connectivity index (χ2v) is 9.10. The average Bonchev–Trinajstić information content (AvgIpc) is 3.29. The predicted octanol–water partition coefficient (Wildman–Crippen LogP) is 2.96. The summed E-state index contributed by atoms with van der Waals surface area (Å²) in [6, 6.07) is 6.62. The van der Waals surface area contributed by atoms with E-state index in [1.54, 1.807) is 0 Å². The molecule has 0 bridgehead atoms. The minimum absolute atomic E-state index is 0.0315. The van der Waals surface area contributed by atoms with Crippen molar-refractivity contribution >= 4 is 44.6 Å². The highest BCUT2D eigenvalue weighted by molar-refractivity contribution is 7.89. The number of rotatable bonds is 8. The van der Waals surface area contributed by atoms with Crippen LogP contribution in [0, 0.1) is 20.2 Å². The van der Waals surface area contributed by atoms with Crippen LogP contribution in [-0.4, -0.2) is 48.2 Å². The summed E-state index contributed by atoms with van der Waals surface area (Å²) in [6.07, 6.45) is 1.43. The van der Waals surface area contributed by atoms with E-state index in [9.17, 15) is 33.4 Å². The lowest BCUT2D eigenvalue weighted by molar-refractivity contribution is -0.386. The highest BCUT2D eigenvalue weighted by Gasteiger charge is 2.30. The van der Waals surface area contributed by atoms with Crippen molar-refractivity contribution < 1.29 is 27.8 Å². The average molecular weight is 485 g/mol. The van der Waals surface area contributed by atoms with Crippen LogP contribution < -0.4 is 10.1 Å². The van der Waals surface area contributed by atoms with Gasteiger partial charge in [-0.15, -0.1) is 0 Å². The van der Waals surface area contributed by atoms with Crippen molar-refractivity contribution in [3.63, 3.8) is 0 Å². The van der Waals surface area contributed by atoms with Gasteiger partial charge in [-0.1, -0.05) is 11.6 Å². The molecule has 0 aromatic heterocycles. The monoisotopic (exact) mass is 484 g/mol. The van der Waals surface area contributed by atoms with E-state index in [4.69, 9.17) is 16.3 Å². The molecular weight excluding hydrogens is 468 g/mol. The Morgan fingerprint density at radius 1 is 1.09 bits per heavy atom. The Morgan fingerprint density at radius 2 is 1.78 bits per heavy atom. The van der Waals surface area contributed by atoms with Crippen molar-refractivity contribution in [2.75, 3.05) is 25.0 Å². The number of nitrogens with one attached hydrogen (secondary N) is 1. The van der Waals surface area contributed by atoms with Crippen LogP contribution in [0.1, 0.15) is 12.8 Å². The fourth-order valence-electron chi connectivity index (χ4n) is 3.05. The Bertz CT molecular complexity index is 1180. The Kier molecular flexibility index (Phi) is 6.91. The fraction of sp³-hybridized carbons (Fsp3) is 0.278. The van der Waals surface area contributed by atoms with Gasteiger partial charge in [0.25, 0.3) is 11.6 Å². The zero-order valence-electron chi connectivity index (χ0n) is 16.4. The topological polar surface area (TPSA) is 162 Å². The molecule has 2 aromatic carbocycles. The first-order valence-corrected chi connectivity index (χ1v) is 11.1. The van der Waals surface area contributed by atoms with Gasteiger partial charge in [0.05, 0.1) is 25.5 Å². The number of hydrogen-bond donors (Lipinski definition) is 1. The van der Waals surface area contributed by atoms with Crippen molar-refractivity contribution in [2.45, 2.75) is 17.7 Å². The number of carbonyl (C=O) groups excluding carboxylic acids is 1.